The highest BCUT2D eigenvalue weighted by Crippen LogP contribution is 2.15. The monoisotopic (exact) mass is 284 g/mol. The zero-order valence-electron chi connectivity index (χ0n) is 12.1. The van der Waals surface area contributed by atoms with E-state index < -0.39 is 0 Å². The highest BCUT2D eigenvalue weighted by atomic mass is 16.1. The summed E-state index contributed by atoms with van der Waals surface area (Å²) >= 11 is 0. The molecule has 1 heterocycles. The summed E-state index contributed by atoms with van der Waals surface area (Å²) in [7, 11) is 0. The molecule has 5 nitrogen and oxygen atoms in total. The van der Waals surface area contributed by atoms with Crippen molar-refractivity contribution in [2.45, 2.75) is 19.8 Å². The molecular weight excluding hydrogens is 264 g/mol. The summed E-state index contributed by atoms with van der Waals surface area (Å²) in [6.45, 7) is 2.50. The van der Waals surface area contributed by atoms with Crippen LogP contribution >= 0.6 is 0 Å². The van der Waals surface area contributed by atoms with Gasteiger partial charge in [0.15, 0.2) is 5.82 Å². The molecule has 0 saturated carbocycles. The first-order chi connectivity index (χ1) is 10.2. The Bertz CT molecular complexity index is 569. The summed E-state index contributed by atoms with van der Waals surface area (Å²) in [6, 6.07) is 9.72. The van der Waals surface area contributed by atoms with Crippen molar-refractivity contribution in [3.8, 4) is 11.4 Å². The fourth-order valence-electron chi connectivity index (χ4n) is 1.95. The molecule has 0 aliphatic rings. The number of amides is 1. The Kier molecular flexibility index (Phi) is 5.40. The van der Waals surface area contributed by atoms with Crippen molar-refractivity contribution < 1.29 is 4.79 Å². The van der Waals surface area contributed by atoms with Gasteiger partial charge in [0.25, 0.3) is 0 Å². The van der Waals surface area contributed by atoms with Gasteiger partial charge in [-0.2, -0.15) is 0 Å². The smallest absolute Gasteiger partial charge is 0.227 e. The number of aromatic nitrogens is 2. The largest absolute Gasteiger partial charge is 0.330 e. The molecule has 1 unspecified atom stereocenters. The van der Waals surface area contributed by atoms with E-state index in [4.69, 9.17) is 5.73 Å². The lowest BCUT2D eigenvalue weighted by Crippen LogP contribution is -2.21. The van der Waals surface area contributed by atoms with Crippen LogP contribution in [-0.4, -0.2) is 22.4 Å². The molecule has 0 spiro atoms. The zero-order valence-corrected chi connectivity index (χ0v) is 12.1. The number of carbonyl (C=O) groups excluding carboxylic acids is 1. The van der Waals surface area contributed by atoms with E-state index in [1.54, 1.807) is 12.4 Å². The normalized spacial score (nSPS) is 11.9. The van der Waals surface area contributed by atoms with Crippen molar-refractivity contribution in [1.82, 2.24) is 9.97 Å². The van der Waals surface area contributed by atoms with Gasteiger partial charge in [0, 0.05) is 11.5 Å². The zero-order chi connectivity index (χ0) is 15.1. The fraction of sp³-hybridized carbons (Fsp3) is 0.312. The standard InChI is InChI=1S/C16H20N4O/c1-12(6-5-9-17)16(21)20-14-10-18-15(19-11-14)13-7-3-2-4-8-13/h2-4,7-8,10-12H,5-6,9,17H2,1H3,(H,20,21). The van der Waals surface area contributed by atoms with Crippen LogP contribution in [0, 0.1) is 5.92 Å². The third-order valence-corrected chi connectivity index (χ3v) is 3.24. The molecule has 0 radical (unpaired) electrons. The summed E-state index contributed by atoms with van der Waals surface area (Å²) in [5, 5.41) is 2.82. The minimum absolute atomic E-state index is 0.0282. The van der Waals surface area contributed by atoms with Crippen molar-refractivity contribution >= 4 is 11.6 Å². The minimum Gasteiger partial charge on any atom is -0.330 e. The maximum absolute atomic E-state index is 12.0. The van der Waals surface area contributed by atoms with Crippen molar-refractivity contribution in [3.63, 3.8) is 0 Å². The molecule has 0 bridgehead atoms. The second kappa shape index (κ2) is 7.50. The predicted octanol–water partition coefficient (Wildman–Crippen LogP) is 2.46. The number of rotatable bonds is 6. The Morgan fingerprint density at radius 2 is 1.90 bits per heavy atom. The van der Waals surface area contributed by atoms with Crippen molar-refractivity contribution in [2.75, 3.05) is 11.9 Å². The molecule has 0 saturated heterocycles. The highest BCUT2D eigenvalue weighted by molar-refractivity contribution is 5.92. The molecule has 1 amide bonds. The third kappa shape index (κ3) is 4.36. The van der Waals surface area contributed by atoms with Gasteiger partial charge in [-0.1, -0.05) is 37.3 Å². The van der Waals surface area contributed by atoms with Gasteiger partial charge in [-0.15, -0.1) is 0 Å². The van der Waals surface area contributed by atoms with Crippen LogP contribution in [0.25, 0.3) is 11.4 Å². The fourth-order valence-corrected chi connectivity index (χ4v) is 1.95. The Hall–Kier alpha value is -2.27. The summed E-state index contributed by atoms with van der Waals surface area (Å²) in [5.74, 6) is 0.548. The average molecular weight is 284 g/mol. The molecule has 110 valence electrons. The van der Waals surface area contributed by atoms with Crippen LogP contribution in [0.1, 0.15) is 19.8 Å². The second-order valence-electron chi connectivity index (χ2n) is 4.98. The lowest BCUT2D eigenvalue weighted by molar-refractivity contribution is -0.119. The summed E-state index contributed by atoms with van der Waals surface area (Å²) in [6.07, 6.45) is 4.88. The molecule has 1 aromatic carbocycles. The molecular formula is C16H20N4O. The van der Waals surface area contributed by atoms with Gasteiger partial charge in [-0.25, -0.2) is 9.97 Å². The van der Waals surface area contributed by atoms with Gasteiger partial charge >= 0.3 is 0 Å². The van der Waals surface area contributed by atoms with Crippen LogP contribution in [0.15, 0.2) is 42.7 Å². The minimum atomic E-state index is -0.0673. The summed E-state index contributed by atoms with van der Waals surface area (Å²) in [4.78, 5) is 20.5. The number of nitrogens with one attached hydrogen (secondary N) is 1. The number of benzene rings is 1. The molecule has 5 heteroatoms. The second-order valence-corrected chi connectivity index (χ2v) is 4.98. The van der Waals surface area contributed by atoms with E-state index in [9.17, 15) is 4.79 Å². The first-order valence-corrected chi connectivity index (χ1v) is 7.09. The SMILES string of the molecule is CC(CCCN)C(=O)Nc1cnc(-c2ccccc2)nc1. The molecule has 1 aromatic heterocycles. The number of nitrogens with zero attached hydrogens (tertiary/aromatic N) is 2. The number of hydrogen-bond donors (Lipinski definition) is 2. The molecule has 21 heavy (non-hydrogen) atoms. The number of hydrogen-bond acceptors (Lipinski definition) is 4. The van der Waals surface area contributed by atoms with Crippen LogP contribution in [0.3, 0.4) is 0 Å². The quantitative estimate of drug-likeness (QED) is 0.853. The highest BCUT2D eigenvalue weighted by Gasteiger charge is 2.12. The molecule has 1 atom stereocenters. The molecule has 3 N–H and O–H groups in total. The Balaban J connectivity index is 1.98. The molecule has 2 rings (SSSR count). The first-order valence-electron chi connectivity index (χ1n) is 7.09. The third-order valence-electron chi connectivity index (χ3n) is 3.24. The lowest BCUT2D eigenvalue weighted by Gasteiger charge is -2.11. The van der Waals surface area contributed by atoms with Crippen LogP contribution in [0.4, 0.5) is 5.69 Å². The molecule has 0 aliphatic carbocycles. The van der Waals surface area contributed by atoms with E-state index in [2.05, 4.69) is 15.3 Å². The maximum Gasteiger partial charge on any atom is 0.227 e. The topological polar surface area (TPSA) is 80.9 Å². The van der Waals surface area contributed by atoms with Crippen LogP contribution in [0.5, 0.6) is 0 Å². The average Bonchev–Trinajstić information content (AvgIpc) is 2.54. The van der Waals surface area contributed by atoms with E-state index in [0.29, 0.717) is 18.1 Å². The molecule has 0 fully saturated rings. The van der Waals surface area contributed by atoms with E-state index in [-0.39, 0.29) is 11.8 Å². The van der Waals surface area contributed by atoms with Crippen molar-refractivity contribution in [3.05, 3.63) is 42.7 Å². The first kappa shape index (κ1) is 15.1. The van der Waals surface area contributed by atoms with Gasteiger partial charge < -0.3 is 11.1 Å². The van der Waals surface area contributed by atoms with E-state index in [1.165, 1.54) is 0 Å². The van der Waals surface area contributed by atoms with E-state index >= 15 is 0 Å². The van der Waals surface area contributed by atoms with Gasteiger partial charge in [-0.3, -0.25) is 4.79 Å². The van der Waals surface area contributed by atoms with Gasteiger partial charge in [0.1, 0.15) is 0 Å². The number of carbonyl (C=O) groups is 1. The Morgan fingerprint density at radius 1 is 1.24 bits per heavy atom. The number of anilines is 1. The van der Waals surface area contributed by atoms with E-state index in [0.717, 1.165) is 18.4 Å². The maximum atomic E-state index is 12.0. The van der Waals surface area contributed by atoms with Gasteiger partial charge in [0.05, 0.1) is 18.1 Å². The summed E-state index contributed by atoms with van der Waals surface area (Å²) in [5.41, 5.74) is 7.01. The van der Waals surface area contributed by atoms with Crippen molar-refractivity contribution in [2.24, 2.45) is 11.7 Å². The molecule has 0 aliphatic heterocycles. The van der Waals surface area contributed by atoms with E-state index in [1.807, 2.05) is 37.3 Å². The van der Waals surface area contributed by atoms with Crippen LogP contribution < -0.4 is 11.1 Å². The van der Waals surface area contributed by atoms with Gasteiger partial charge in [-0.05, 0) is 19.4 Å². The lowest BCUT2D eigenvalue weighted by atomic mass is 10.1. The predicted molar refractivity (Wildman–Crippen MR) is 83.6 cm³/mol. The van der Waals surface area contributed by atoms with Crippen LogP contribution in [-0.2, 0) is 4.79 Å². The van der Waals surface area contributed by atoms with Crippen molar-refractivity contribution in [1.29, 1.82) is 0 Å². The van der Waals surface area contributed by atoms with Gasteiger partial charge in [0.2, 0.25) is 5.91 Å². The van der Waals surface area contributed by atoms with Crippen LogP contribution in [0.2, 0.25) is 0 Å². The number of nitrogens with two attached hydrogens (primary N) is 1. The Labute approximate surface area is 124 Å². The Morgan fingerprint density at radius 3 is 2.52 bits per heavy atom. The molecule has 2 aromatic rings. The summed E-state index contributed by atoms with van der Waals surface area (Å²) < 4.78 is 0.